The molecule has 0 bridgehead atoms. The van der Waals surface area contributed by atoms with Gasteiger partial charge in [-0.05, 0) is 49.7 Å². The molecule has 1 aromatic rings. The third kappa shape index (κ3) is 3.15. The maximum Gasteiger partial charge on any atom is 0.251 e. The van der Waals surface area contributed by atoms with Crippen molar-refractivity contribution in [3.05, 3.63) is 35.9 Å². The molecule has 23 heavy (non-hydrogen) atoms. The number of fused-ring (bicyclic) bond motifs is 1. The summed E-state index contributed by atoms with van der Waals surface area (Å²) in [5.74, 6) is 1.17. The summed E-state index contributed by atoms with van der Waals surface area (Å²) in [6.45, 7) is 1.49. The number of nitrogens with one attached hydrogen (secondary N) is 1. The summed E-state index contributed by atoms with van der Waals surface area (Å²) in [6.07, 6.45) is 6.53. The van der Waals surface area contributed by atoms with Crippen molar-refractivity contribution >= 4 is 5.91 Å². The molecular weight excluding hydrogens is 290 g/mol. The van der Waals surface area contributed by atoms with Gasteiger partial charge in [-0.15, -0.1) is 0 Å². The van der Waals surface area contributed by atoms with Gasteiger partial charge in [0.1, 0.15) is 0 Å². The molecule has 3 fully saturated rings. The average molecular weight is 315 g/mol. The van der Waals surface area contributed by atoms with Gasteiger partial charge >= 0.3 is 0 Å². The summed E-state index contributed by atoms with van der Waals surface area (Å²) < 4.78 is 11.8. The SMILES string of the molecule is O=C(N[C@@H]1CC[C@H]2CC3(CC[C@@H]2C1)OCCO3)c1ccccc1. The van der Waals surface area contributed by atoms with Crippen molar-refractivity contribution in [3.8, 4) is 0 Å². The van der Waals surface area contributed by atoms with Gasteiger partial charge in [0.2, 0.25) is 0 Å². The fraction of sp³-hybridized carbons (Fsp3) is 0.632. The van der Waals surface area contributed by atoms with E-state index in [2.05, 4.69) is 5.32 Å². The van der Waals surface area contributed by atoms with Crippen LogP contribution in [0.4, 0.5) is 0 Å². The van der Waals surface area contributed by atoms with E-state index in [1.807, 2.05) is 30.3 Å². The smallest absolute Gasteiger partial charge is 0.251 e. The summed E-state index contributed by atoms with van der Waals surface area (Å²) >= 11 is 0. The molecule has 1 saturated heterocycles. The number of hydrogen-bond donors (Lipinski definition) is 1. The third-order valence-electron chi connectivity index (χ3n) is 5.79. The second-order valence-electron chi connectivity index (χ2n) is 7.22. The van der Waals surface area contributed by atoms with E-state index in [1.165, 1.54) is 6.42 Å². The molecule has 0 aromatic heterocycles. The lowest BCUT2D eigenvalue weighted by Crippen LogP contribution is -2.46. The molecule has 2 aliphatic carbocycles. The van der Waals surface area contributed by atoms with Crippen LogP contribution in [-0.2, 0) is 9.47 Å². The molecule has 2 saturated carbocycles. The van der Waals surface area contributed by atoms with Gasteiger partial charge in [-0.3, -0.25) is 4.79 Å². The van der Waals surface area contributed by atoms with Crippen molar-refractivity contribution < 1.29 is 14.3 Å². The van der Waals surface area contributed by atoms with E-state index in [4.69, 9.17) is 9.47 Å². The van der Waals surface area contributed by atoms with Crippen LogP contribution in [0.25, 0.3) is 0 Å². The molecule has 0 unspecified atom stereocenters. The van der Waals surface area contributed by atoms with Crippen LogP contribution < -0.4 is 5.32 Å². The van der Waals surface area contributed by atoms with E-state index in [1.54, 1.807) is 0 Å². The van der Waals surface area contributed by atoms with Crippen LogP contribution in [0.1, 0.15) is 48.9 Å². The Morgan fingerprint density at radius 1 is 1.04 bits per heavy atom. The van der Waals surface area contributed by atoms with Gasteiger partial charge in [-0.2, -0.15) is 0 Å². The molecule has 0 radical (unpaired) electrons. The fourth-order valence-electron chi connectivity index (χ4n) is 4.60. The molecule has 124 valence electrons. The number of rotatable bonds is 2. The Hall–Kier alpha value is -1.39. The first-order valence-corrected chi connectivity index (χ1v) is 8.88. The monoisotopic (exact) mass is 315 g/mol. The lowest BCUT2D eigenvalue weighted by Gasteiger charge is -2.45. The van der Waals surface area contributed by atoms with Crippen molar-refractivity contribution in [2.45, 2.75) is 50.4 Å². The minimum Gasteiger partial charge on any atom is -0.349 e. The van der Waals surface area contributed by atoms with E-state index in [0.29, 0.717) is 17.9 Å². The lowest BCUT2D eigenvalue weighted by molar-refractivity contribution is -0.198. The molecule has 1 aromatic carbocycles. The number of carbonyl (C=O) groups excluding carboxylic acids is 1. The number of ether oxygens (including phenoxy) is 2. The van der Waals surface area contributed by atoms with E-state index >= 15 is 0 Å². The third-order valence-corrected chi connectivity index (χ3v) is 5.79. The van der Waals surface area contributed by atoms with Crippen molar-refractivity contribution in [3.63, 3.8) is 0 Å². The normalized spacial score (nSPS) is 32.4. The Labute approximate surface area is 137 Å². The number of amides is 1. The minimum absolute atomic E-state index is 0.0591. The molecule has 1 N–H and O–H groups in total. The van der Waals surface area contributed by atoms with Crippen LogP contribution in [0.15, 0.2) is 30.3 Å². The van der Waals surface area contributed by atoms with Crippen molar-refractivity contribution in [2.24, 2.45) is 11.8 Å². The maximum atomic E-state index is 12.3. The molecule has 3 atom stereocenters. The summed E-state index contributed by atoms with van der Waals surface area (Å²) in [6, 6.07) is 9.82. The standard InChI is InChI=1S/C19H25NO3/c21-18(14-4-2-1-3-5-14)20-17-7-6-16-13-19(22-10-11-23-19)9-8-15(16)12-17/h1-5,15-17H,6-13H2,(H,20,21)/t15-,16+,17-/m1/s1. The predicted molar refractivity (Wildman–Crippen MR) is 87.0 cm³/mol. The van der Waals surface area contributed by atoms with Crippen molar-refractivity contribution in [1.82, 2.24) is 5.32 Å². The van der Waals surface area contributed by atoms with Gasteiger partial charge < -0.3 is 14.8 Å². The van der Waals surface area contributed by atoms with Gasteiger partial charge in [0.05, 0.1) is 13.2 Å². The molecule has 4 heteroatoms. The Kier molecular flexibility index (Phi) is 4.12. The van der Waals surface area contributed by atoms with Crippen LogP contribution in [0.3, 0.4) is 0 Å². The van der Waals surface area contributed by atoms with E-state index in [9.17, 15) is 4.79 Å². The molecule has 4 rings (SSSR count). The highest BCUT2D eigenvalue weighted by Crippen LogP contribution is 2.47. The minimum atomic E-state index is -0.276. The van der Waals surface area contributed by atoms with Crippen molar-refractivity contribution in [2.75, 3.05) is 13.2 Å². The first kappa shape index (κ1) is 15.2. The Morgan fingerprint density at radius 2 is 1.83 bits per heavy atom. The molecule has 1 aliphatic heterocycles. The van der Waals surface area contributed by atoms with Crippen LogP contribution in [0.5, 0.6) is 0 Å². The van der Waals surface area contributed by atoms with Gasteiger partial charge in [0, 0.05) is 24.4 Å². The summed E-state index contributed by atoms with van der Waals surface area (Å²) in [4.78, 5) is 12.3. The molecule has 3 aliphatic rings. The topological polar surface area (TPSA) is 47.6 Å². The number of hydrogen-bond acceptors (Lipinski definition) is 3. The number of benzene rings is 1. The van der Waals surface area contributed by atoms with E-state index < -0.39 is 0 Å². The van der Waals surface area contributed by atoms with Crippen LogP contribution in [0.2, 0.25) is 0 Å². The van der Waals surface area contributed by atoms with Crippen LogP contribution in [-0.4, -0.2) is 30.9 Å². The average Bonchev–Trinajstić information content (AvgIpc) is 3.04. The molecule has 1 spiro atoms. The quantitative estimate of drug-likeness (QED) is 0.912. The summed E-state index contributed by atoms with van der Waals surface area (Å²) in [5.41, 5.74) is 0.755. The highest BCUT2D eigenvalue weighted by Gasteiger charge is 2.46. The Morgan fingerprint density at radius 3 is 2.61 bits per heavy atom. The molecule has 1 amide bonds. The molecule has 4 nitrogen and oxygen atoms in total. The Balaban J connectivity index is 1.34. The zero-order valence-corrected chi connectivity index (χ0v) is 13.5. The summed E-state index contributed by atoms with van der Waals surface area (Å²) in [5, 5.41) is 3.23. The lowest BCUT2D eigenvalue weighted by atomic mass is 9.67. The number of carbonyl (C=O) groups is 1. The van der Waals surface area contributed by atoms with Gasteiger partial charge in [0.25, 0.3) is 5.91 Å². The van der Waals surface area contributed by atoms with Gasteiger partial charge in [-0.25, -0.2) is 0 Å². The van der Waals surface area contributed by atoms with E-state index in [-0.39, 0.29) is 11.7 Å². The molecular formula is C19H25NO3. The zero-order valence-electron chi connectivity index (χ0n) is 13.5. The highest BCUT2D eigenvalue weighted by atomic mass is 16.7. The zero-order chi connectivity index (χ0) is 15.7. The van der Waals surface area contributed by atoms with Gasteiger partial charge in [-0.1, -0.05) is 18.2 Å². The first-order valence-electron chi connectivity index (χ1n) is 8.88. The van der Waals surface area contributed by atoms with E-state index in [0.717, 1.165) is 50.9 Å². The highest BCUT2D eigenvalue weighted by molar-refractivity contribution is 5.94. The second-order valence-corrected chi connectivity index (χ2v) is 7.22. The first-order chi connectivity index (χ1) is 11.2. The largest absolute Gasteiger partial charge is 0.349 e. The second kappa shape index (κ2) is 6.25. The fourth-order valence-corrected chi connectivity index (χ4v) is 4.60. The summed E-state index contributed by atoms with van der Waals surface area (Å²) in [7, 11) is 0. The molecule has 1 heterocycles. The van der Waals surface area contributed by atoms with Crippen molar-refractivity contribution in [1.29, 1.82) is 0 Å². The Bertz CT molecular complexity index is 553. The predicted octanol–water partition coefficient (Wildman–Crippen LogP) is 3.13. The van der Waals surface area contributed by atoms with Crippen LogP contribution >= 0.6 is 0 Å². The van der Waals surface area contributed by atoms with Gasteiger partial charge in [0.15, 0.2) is 5.79 Å². The van der Waals surface area contributed by atoms with Crippen LogP contribution in [0, 0.1) is 11.8 Å². The maximum absolute atomic E-state index is 12.3.